The molecule has 0 bridgehead atoms. The molecule has 1 fully saturated rings. The van der Waals surface area contributed by atoms with E-state index >= 15 is 0 Å². The Bertz CT molecular complexity index is 1280. The molecule has 0 N–H and O–H groups in total. The number of alkyl halides is 3. The molecule has 0 unspecified atom stereocenters. The first-order valence-corrected chi connectivity index (χ1v) is 16.2. The Balaban J connectivity index is 0.000000393. The summed E-state index contributed by atoms with van der Waals surface area (Å²) in [4.78, 5) is 18.2. The van der Waals surface area contributed by atoms with Gasteiger partial charge in [0.25, 0.3) is 0 Å². The first-order chi connectivity index (χ1) is 21.0. The molecule has 1 aliphatic heterocycles. The highest BCUT2D eigenvalue weighted by atomic mass is 32.2. The van der Waals surface area contributed by atoms with Gasteiger partial charge in [0.05, 0.1) is 23.4 Å². The number of para-hydroxylation sites is 1. The number of ether oxygens (including phenoxy) is 2. The Hall–Kier alpha value is -3.47. The summed E-state index contributed by atoms with van der Waals surface area (Å²) in [6, 6.07) is 13.8. The molecule has 2 heterocycles. The van der Waals surface area contributed by atoms with E-state index < -0.39 is 6.36 Å². The summed E-state index contributed by atoms with van der Waals surface area (Å²) in [7, 11) is 0. The van der Waals surface area contributed by atoms with E-state index in [1.807, 2.05) is 37.8 Å². The number of halogens is 3. The highest BCUT2D eigenvalue weighted by Gasteiger charge is 2.33. The normalized spacial score (nSPS) is 14.3. The average molecular weight is 637 g/mol. The molecule has 11 heteroatoms. The molecule has 44 heavy (non-hydrogen) atoms. The van der Waals surface area contributed by atoms with Crippen LogP contribution in [-0.2, 0) is 4.79 Å². The first-order valence-electron chi connectivity index (χ1n) is 15.1. The van der Waals surface area contributed by atoms with Gasteiger partial charge in [0, 0.05) is 5.69 Å². The summed E-state index contributed by atoms with van der Waals surface area (Å²) in [5.74, 6) is 1.45. The number of hydrogen-bond acceptors (Lipinski definition) is 6. The van der Waals surface area contributed by atoms with Crippen molar-refractivity contribution in [2.45, 2.75) is 92.8 Å². The third kappa shape index (κ3) is 11.9. The lowest BCUT2D eigenvalue weighted by atomic mass is 10.0. The van der Waals surface area contributed by atoms with Crippen LogP contribution in [0.1, 0.15) is 92.5 Å². The van der Waals surface area contributed by atoms with Gasteiger partial charge in [-0.3, -0.25) is 9.69 Å². The summed E-state index contributed by atoms with van der Waals surface area (Å²) < 4.78 is 47.0. The van der Waals surface area contributed by atoms with E-state index in [2.05, 4.69) is 61.6 Å². The number of aromatic nitrogens is 3. The van der Waals surface area contributed by atoms with Crippen LogP contribution in [0.3, 0.4) is 0 Å². The monoisotopic (exact) mass is 636 g/mol. The Morgan fingerprint density at radius 3 is 2.18 bits per heavy atom. The molecule has 3 aromatic rings. The van der Waals surface area contributed by atoms with Gasteiger partial charge in [-0.25, -0.2) is 0 Å². The quantitative estimate of drug-likeness (QED) is 0.245. The molecule has 0 aliphatic carbocycles. The fraction of sp³-hybridized carbons (Fsp3) is 0.485. The number of anilines is 1. The fourth-order valence-electron chi connectivity index (χ4n) is 3.97. The number of nitrogens with zero attached hydrogens (tertiary/aromatic N) is 4. The summed E-state index contributed by atoms with van der Waals surface area (Å²) in [6.45, 7) is 18.8. The van der Waals surface area contributed by atoms with Crippen molar-refractivity contribution >= 4 is 29.4 Å². The highest BCUT2D eigenvalue weighted by molar-refractivity contribution is 8.01. The summed E-state index contributed by atoms with van der Waals surface area (Å²) in [5, 5.41) is 4.53. The molecule has 1 amide bonds. The maximum atomic E-state index is 12.1. The van der Waals surface area contributed by atoms with Gasteiger partial charge in [-0.2, -0.15) is 9.67 Å². The lowest BCUT2D eigenvalue weighted by Crippen LogP contribution is -2.33. The lowest BCUT2D eigenvalue weighted by molar-refractivity contribution is -0.274. The molecule has 0 radical (unpaired) electrons. The van der Waals surface area contributed by atoms with Crippen molar-refractivity contribution in [2.24, 2.45) is 0 Å². The van der Waals surface area contributed by atoms with Crippen LogP contribution in [0.25, 0.3) is 11.8 Å². The molecule has 4 rings (SSSR count). The molecule has 2 aromatic carbocycles. The van der Waals surface area contributed by atoms with E-state index in [4.69, 9.17) is 4.74 Å². The number of benzene rings is 2. The molecule has 7 nitrogen and oxygen atoms in total. The van der Waals surface area contributed by atoms with Crippen molar-refractivity contribution < 1.29 is 27.4 Å². The number of carbonyl (C=O) groups is 1. The topological polar surface area (TPSA) is 69.5 Å². The Morgan fingerprint density at radius 1 is 1.05 bits per heavy atom. The zero-order valence-electron chi connectivity index (χ0n) is 27.3. The van der Waals surface area contributed by atoms with Crippen LogP contribution < -0.4 is 14.4 Å². The Morgan fingerprint density at radius 2 is 1.66 bits per heavy atom. The maximum absolute atomic E-state index is 12.1. The zero-order chi connectivity index (χ0) is 33.3. The van der Waals surface area contributed by atoms with E-state index in [0.717, 1.165) is 12.1 Å². The number of allylic oxidation sites excluding steroid dienone is 1. The smallest absolute Gasteiger partial charge is 0.464 e. The molecule has 1 aliphatic rings. The average Bonchev–Trinajstić information content (AvgIpc) is 3.57. The third-order valence-electron chi connectivity index (χ3n) is 5.62. The van der Waals surface area contributed by atoms with Crippen LogP contribution in [0.15, 0.2) is 54.6 Å². The van der Waals surface area contributed by atoms with Crippen LogP contribution in [-0.4, -0.2) is 44.8 Å². The van der Waals surface area contributed by atoms with Crippen LogP contribution in [0.2, 0.25) is 0 Å². The molecule has 1 saturated heterocycles. The number of rotatable bonds is 8. The first kappa shape index (κ1) is 38.6. The predicted octanol–water partition coefficient (Wildman–Crippen LogP) is 9.67. The van der Waals surface area contributed by atoms with E-state index in [9.17, 15) is 18.0 Å². The number of carbonyl (C=O) groups excluding carboxylic acids is 1. The van der Waals surface area contributed by atoms with Crippen molar-refractivity contribution in [2.75, 3.05) is 17.3 Å². The molecular weight excluding hydrogens is 589 g/mol. The van der Waals surface area contributed by atoms with Crippen molar-refractivity contribution in [3.63, 3.8) is 0 Å². The second-order valence-corrected chi connectivity index (χ2v) is 10.7. The van der Waals surface area contributed by atoms with Gasteiger partial charge in [0.15, 0.2) is 5.82 Å². The van der Waals surface area contributed by atoms with Gasteiger partial charge in [0.2, 0.25) is 5.91 Å². The minimum Gasteiger partial charge on any atom is -0.464 e. The fourth-order valence-corrected chi connectivity index (χ4v) is 5.06. The van der Waals surface area contributed by atoms with Crippen molar-refractivity contribution in [3.05, 3.63) is 66.0 Å². The van der Waals surface area contributed by atoms with Crippen LogP contribution in [0.5, 0.6) is 11.8 Å². The largest absolute Gasteiger partial charge is 0.573 e. The number of hydrogen-bond donors (Lipinski definition) is 0. The summed E-state index contributed by atoms with van der Waals surface area (Å²) in [5.41, 5.74) is 2.88. The summed E-state index contributed by atoms with van der Waals surface area (Å²) >= 11 is 1.75. The van der Waals surface area contributed by atoms with Crippen molar-refractivity contribution in [3.8, 4) is 17.4 Å². The maximum Gasteiger partial charge on any atom is 0.573 e. The van der Waals surface area contributed by atoms with E-state index in [0.29, 0.717) is 35.2 Å². The van der Waals surface area contributed by atoms with Crippen molar-refractivity contribution in [1.29, 1.82) is 0 Å². The predicted molar refractivity (Wildman–Crippen MR) is 176 cm³/mol. The van der Waals surface area contributed by atoms with E-state index in [1.165, 1.54) is 40.9 Å². The van der Waals surface area contributed by atoms with Gasteiger partial charge in [-0.1, -0.05) is 79.2 Å². The Labute approximate surface area is 264 Å². The second kappa shape index (κ2) is 19.7. The van der Waals surface area contributed by atoms with E-state index in [-0.39, 0.29) is 17.7 Å². The minimum atomic E-state index is -4.72. The second-order valence-electron chi connectivity index (χ2n) is 9.50. The highest BCUT2D eigenvalue weighted by Crippen LogP contribution is 2.36. The number of thioether (sulfide) groups is 1. The minimum absolute atomic E-state index is 0.245. The standard InChI is InChI=1S/C14H14F3N3O2.C14H19NOS.C3H8.C2H6/c1-3-5-12-18-13(21-4-2)20(19-12)10-6-8-11(9-7-10)22-14(15,16)17;1-4-14-15(13(16)9-17-14)12-8-6-5-7-11(12)10(2)3;1-3-2;1-2/h3,5-9H,4H2,1-2H3;5-8,10,14H,4,9H2,1-3H3;3H2,1-2H3;1-2H3/b5-3+;;;/t;14-;;/m.1../s1. The van der Waals surface area contributed by atoms with Gasteiger partial charge in [-0.05, 0) is 68.2 Å². The summed E-state index contributed by atoms with van der Waals surface area (Å²) in [6.07, 6.45) is 1.00. The van der Waals surface area contributed by atoms with Crippen LogP contribution in [0, 0.1) is 0 Å². The van der Waals surface area contributed by atoms with Crippen LogP contribution in [0.4, 0.5) is 18.9 Å². The van der Waals surface area contributed by atoms with Gasteiger partial charge >= 0.3 is 12.4 Å². The molecular formula is C33H47F3N4O3S. The lowest BCUT2D eigenvalue weighted by Gasteiger charge is -2.26. The SMILES string of the molecule is C/C=C/c1nc(OCC)n(-c2ccc(OC(F)(F)F)cc2)n1.CC.CCC.CC[C@H]1SCC(=O)N1c1ccccc1C(C)C. The van der Waals surface area contributed by atoms with Gasteiger partial charge in [0.1, 0.15) is 5.75 Å². The molecule has 1 atom stereocenters. The zero-order valence-corrected chi connectivity index (χ0v) is 28.1. The van der Waals surface area contributed by atoms with Gasteiger partial charge < -0.3 is 9.47 Å². The van der Waals surface area contributed by atoms with Crippen LogP contribution >= 0.6 is 11.8 Å². The molecule has 0 spiro atoms. The van der Waals surface area contributed by atoms with E-state index in [1.54, 1.807) is 30.8 Å². The Kier molecular flexibility index (Phi) is 17.3. The third-order valence-corrected chi connectivity index (χ3v) is 6.96. The number of amides is 1. The van der Waals surface area contributed by atoms with Crippen molar-refractivity contribution in [1.82, 2.24) is 14.8 Å². The molecule has 0 saturated carbocycles. The molecule has 244 valence electrons. The van der Waals surface area contributed by atoms with Gasteiger partial charge in [-0.15, -0.1) is 30.0 Å². The molecule has 1 aromatic heterocycles.